The molecule has 1 saturated heterocycles. The number of rotatable bonds is 2. The third-order valence-corrected chi connectivity index (χ3v) is 6.22. The summed E-state index contributed by atoms with van der Waals surface area (Å²) in [5, 5.41) is 3.92. The minimum absolute atomic E-state index is 0.183. The maximum atomic E-state index is 14.3. The maximum absolute atomic E-state index is 14.3. The van der Waals surface area contributed by atoms with Crippen LogP contribution in [-0.2, 0) is 11.7 Å². The van der Waals surface area contributed by atoms with Gasteiger partial charge in [-0.1, -0.05) is 6.07 Å². The summed E-state index contributed by atoms with van der Waals surface area (Å²) < 4.78 is 55.3. The molecule has 5 nitrogen and oxygen atoms in total. The molecule has 0 radical (unpaired) electrons. The van der Waals surface area contributed by atoms with Crippen LogP contribution in [0.3, 0.4) is 0 Å². The summed E-state index contributed by atoms with van der Waals surface area (Å²) in [4.78, 5) is 19.8. The van der Waals surface area contributed by atoms with E-state index in [9.17, 15) is 22.4 Å². The van der Waals surface area contributed by atoms with Crippen LogP contribution in [0.5, 0.6) is 0 Å². The zero-order chi connectivity index (χ0) is 25.1. The molecule has 0 atom stereocenters. The van der Waals surface area contributed by atoms with Gasteiger partial charge < -0.3 is 14.8 Å². The molecular weight excluding hydrogens is 448 g/mol. The molecule has 1 fully saturated rings. The first kappa shape index (κ1) is 24.2. The molecule has 1 aliphatic rings. The van der Waals surface area contributed by atoms with E-state index in [-0.39, 0.29) is 17.1 Å². The molecule has 3 heterocycles. The fourth-order valence-electron chi connectivity index (χ4n) is 4.37. The molecule has 9 heteroatoms. The fraction of sp³-hybridized carbons (Fsp3) is 0.440. The Morgan fingerprint density at radius 2 is 1.82 bits per heavy atom. The monoisotopic (exact) mass is 476 g/mol. The first-order chi connectivity index (χ1) is 15.7. The van der Waals surface area contributed by atoms with E-state index in [2.05, 4.69) is 10.3 Å². The van der Waals surface area contributed by atoms with Crippen molar-refractivity contribution in [2.45, 2.75) is 51.9 Å². The largest absolute Gasteiger partial charge is 0.419 e. The van der Waals surface area contributed by atoms with Gasteiger partial charge in [0.05, 0.1) is 11.1 Å². The second-order valence-electron chi connectivity index (χ2n) is 10.3. The van der Waals surface area contributed by atoms with Gasteiger partial charge in [0.1, 0.15) is 17.2 Å². The Labute approximate surface area is 195 Å². The van der Waals surface area contributed by atoms with Gasteiger partial charge in [0.2, 0.25) is 0 Å². The van der Waals surface area contributed by atoms with Gasteiger partial charge in [0.25, 0.3) is 5.91 Å². The van der Waals surface area contributed by atoms with Gasteiger partial charge in [-0.05, 0) is 64.4 Å². The van der Waals surface area contributed by atoms with Crippen LogP contribution in [0.1, 0.15) is 50.7 Å². The molecule has 1 aromatic carbocycles. The Balaban J connectivity index is 1.84. The van der Waals surface area contributed by atoms with Crippen molar-refractivity contribution in [1.29, 1.82) is 0 Å². The Morgan fingerprint density at radius 3 is 2.41 bits per heavy atom. The molecule has 0 spiro atoms. The smallest absolute Gasteiger partial charge is 0.330 e. The summed E-state index contributed by atoms with van der Waals surface area (Å²) in [5.41, 5.74) is -0.461. The number of pyridine rings is 1. The third-order valence-electron chi connectivity index (χ3n) is 6.22. The van der Waals surface area contributed by atoms with Crippen LogP contribution in [0.25, 0.3) is 22.2 Å². The van der Waals surface area contributed by atoms with Crippen molar-refractivity contribution in [3.05, 3.63) is 53.6 Å². The van der Waals surface area contributed by atoms with Crippen LogP contribution in [0.4, 0.5) is 17.6 Å². The minimum Gasteiger partial charge on any atom is -0.330 e. The lowest BCUT2D eigenvalue weighted by Crippen LogP contribution is -2.59. The number of benzene rings is 1. The van der Waals surface area contributed by atoms with Crippen LogP contribution >= 0.6 is 0 Å². The van der Waals surface area contributed by atoms with E-state index in [4.69, 9.17) is 0 Å². The summed E-state index contributed by atoms with van der Waals surface area (Å²) in [6.45, 7) is 11.8. The molecule has 0 unspecified atom stereocenters. The van der Waals surface area contributed by atoms with E-state index in [1.165, 1.54) is 6.07 Å². The Hall–Kier alpha value is -2.94. The van der Waals surface area contributed by atoms with Gasteiger partial charge in [-0.3, -0.25) is 4.79 Å². The van der Waals surface area contributed by atoms with E-state index in [0.29, 0.717) is 41.8 Å². The highest BCUT2D eigenvalue weighted by Gasteiger charge is 2.36. The molecule has 2 aromatic heterocycles. The Bertz CT molecular complexity index is 1250. The van der Waals surface area contributed by atoms with Crippen molar-refractivity contribution in [1.82, 2.24) is 19.8 Å². The lowest BCUT2D eigenvalue weighted by atomic mass is 9.99. The topological polar surface area (TPSA) is 50.2 Å². The summed E-state index contributed by atoms with van der Waals surface area (Å²) >= 11 is 0. The highest BCUT2D eigenvalue weighted by molar-refractivity contribution is 5.99. The van der Waals surface area contributed by atoms with Gasteiger partial charge in [-0.15, -0.1) is 0 Å². The molecule has 1 N–H and O–H groups in total. The number of hydrogen-bond acceptors (Lipinski definition) is 3. The van der Waals surface area contributed by atoms with E-state index < -0.39 is 23.1 Å². The molecule has 3 aromatic rings. The highest BCUT2D eigenvalue weighted by Crippen LogP contribution is 2.37. The SMILES string of the molecule is CC1(C)CNCCN1C(=O)c1ccc2c(-c3ccc(C(F)(F)F)c(F)c3)cn(C(C)(C)C)c2n1. The van der Waals surface area contributed by atoms with Gasteiger partial charge >= 0.3 is 6.18 Å². The molecule has 0 aliphatic carbocycles. The van der Waals surface area contributed by atoms with Crippen LogP contribution in [-0.4, -0.2) is 45.5 Å². The zero-order valence-corrected chi connectivity index (χ0v) is 19.8. The normalized spacial score (nSPS) is 16.8. The van der Waals surface area contributed by atoms with E-state index in [0.717, 1.165) is 12.1 Å². The molecule has 1 amide bonds. The molecule has 4 rings (SSSR count). The second kappa shape index (κ2) is 8.08. The molecular formula is C25H28F4N4O. The predicted octanol–water partition coefficient (Wildman–Crippen LogP) is 5.44. The van der Waals surface area contributed by atoms with Crippen molar-refractivity contribution in [3.8, 4) is 11.1 Å². The van der Waals surface area contributed by atoms with Crippen LogP contribution < -0.4 is 5.32 Å². The standard InChI is InChI=1S/C25H28F4N4O/c1-23(2,3)33-13-17(15-6-8-18(19(26)12-15)25(27,28)29)16-7-9-20(31-21(16)33)22(34)32-11-10-30-14-24(32,4)5/h6-9,12-13,30H,10-11,14H2,1-5H3. The van der Waals surface area contributed by atoms with Gasteiger partial charge in [-0.2, -0.15) is 13.2 Å². The lowest BCUT2D eigenvalue weighted by Gasteiger charge is -2.42. The van der Waals surface area contributed by atoms with Gasteiger partial charge in [0.15, 0.2) is 0 Å². The third kappa shape index (κ3) is 4.29. The number of amides is 1. The first-order valence-corrected chi connectivity index (χ1v) is 11.1. The molecule has 0 saturated carbocycles. The van der Waals surface area contributed by atoms with E-state index in [1.807, 2.05) is 39.2 Å². The quantitative estimate of drug-likeness (QED) is 0.501. The summed E-state index contributed by atoms with van der Waals surface area (Å²) in [7, 11) is 0. The van der Waals surface area contributed by atoms with Gasteiger partial charge in [-0.25, -0.2) is 9.37 Å². The van der Waals surface area contributed by atoms with Crippen LogP contribution in [0.15, 0.2) is 36.5 Å². The number of piperazine rings is 1. The second-order valence-corrected chi connectivity index (χ2v) is 10.3. The van der Waals surface area contributed by atoms with Crippen molar-refractivity contribution < 1.29 is 22.4 Å². The van der Waals surface area contributed by atoms with Crippen molar-refractivity contribution in [3.63, 3.8) is 0 Å². The Kier molecular flexibility index (Phi) is 5.75. The average molecular weight is 477 g/mol. The summed E-state index contributed by atoms with van der Waals surface area (Å²) in [6, 6.07) is 6.27. The minimum atomic E-state index is -4.77. The van der Waals surface area contributed by atoms with E-state index >= 15 is 0 Å². The number of fused-ring (bicyclic) bond motifs is 1. The van der Waals surface area contributed by atoms with E-state index in [1.54, 1.807) is 23.2 Å². The number of carbonyl (C=O) groups excluding carboxylic acids is 1. The van der Waals surface area contributed by atoms with Gasteiger partial charge in [0, 0.05) is 42.3 Å². The summed E-state index contributed by atoms with van der Waals surface area (Å²) in [6.07, 6.45) is -3.01. The average Bonchev–Trinajstić information content (AvgIpc) is 3.11. The molecule has 1 aliphatic heterocycles. The first-order valence-electron chi connectivity index (χ1n) is 11.1. The Morgan fingerprint density at radius 1 is 1.12 bits per heavy atom. The number of carbonyl (C=O) groups is 1. The molecule has 0 bridgehead atoms. The predicted molar refractivity (Wildman–Crippen MR) is 123 cm³/mol. The number of nitrogens with one attached hydrogen (secondary N) is 1. The fourth-order valence-corrected chi connectivity index (χ4v) is 4.37. The zero-order valence-electron chi connectivity index (χ0n) is 19.8. The number of halogens is 4. The molecule has 182 valence electrons. The maximum Gasteiger partial charge on any atom is 0.419 e. The lowest BCUT2D eigenvalue weighted by molar-refractivity contribution is -0.139. The number of alkyl halides is 3. The van der Waals surface area contributed by atoms with Crippen molar-refractivity contribution in [2.75, 3.05) is 19.6 Å². The number of hydrogen-bond donors (Lipinski definition) is 1. The molecule has 34 heavy (non-hydrogen) atoms. The van der Waals surface area contributed by atoms with Crippen molar-refractivity contribution in [2.24, 2.45) is 0 Å². The number of nitrogens with zero attached hydrogens (tertiary/aromatic N) is 3. The van der Waals surface area contributed by atoms with Crippen LogP contribution in [0.2, 0.25) is 0 Å². The number of aromatic nitrogens is 2. The summed E-state index contributed by atoms with van der Waals surface area (Å²) in [5.74, 6) is -1.51. The highest BCUT2D eigenvalue weighted by atomic mass is 19.4. The van der Waals surface area contributed by atoms with Crippen molar-refractivity contribution >= 4 is 16.9 Å². The van der Waals surface area contributed by atoms with Crippen LogP contribution in [0, 0.1) is 5.82 Å².